The first kappa shape index (κ1) is 11.3. The van der Waals surface area contributed by atoms with Crippen LogP contribution in [-0.4, -0.2) is 0 Å². The van der Waals surface area contributed by atoms with Crippen LogP contribution in [-0.2, 0) is 13.2 Å². The molecule has 10 heavy (non-hydrogen) atoms. The van der Waals surface area contributed by atoms with Crippen molar-refractivity contribution in [3.8, 4) is 0 Å². The molecule has 0 saturated heterocycles. The maximum atomic E-state index is 3.29. The van der Waals surface area contributed by atoms with Gasteiger partial charge in [-0.05, 0) is 18.2 Å². The average molecular weight is 381 g/mol. The van der Waals surface area contributed by atoms with Gasteiger partial charge in [0.2, 0.25) is 0 Å². The van der Waals surface area contributed by atoms with E-state index in [0.29, 0.717) is 0 Å². The average Bonchev–Trinajstić information content (AvgIpc) is 1.91. The van der Waals surface area contributed by atoms with Crippen LogP contribution in [0, 0.1) is 6.07 Å². The van der Waals surface area contributed by atoms with Gasteiger partial charge in [0.05, 0.1) is 0 Å². The molecule has 4 heteroatoms. The van der Waals surface area contributed by atoms with Gasteiger partial charge in [-0.25, -0.2) is 0 Å². The van der Waals surface area contributed by atoms with Crippen molar-refractivity contribution in [1.82, 2.24) is 0 Å². The molecule has 1 aromatic carbocycles. The van der Waals surface area contributed by atoms with Gasteiger partial charge < -0.3 is 0 Å². The van der Waals surface area contributed by atoms with Gasteiger partial charge in [-0.15, -0.1) is 0 Å². The van der Waals surface area contributed by atoms with Crippen molar-refractivity contribution in [3.63, 3.8) is 0 Å². The molecule has 1 radical (unpaired) electrons. The van der Waals surface area contributed by atoms with Crippen molar-refractivity contribution in [3.05, 3.63) is 34.8 Å². The maximum absolute atomic E-state index is 3.29. The van der Waals surface area contributed by atoms with Gasteiger partial charge in [-0.1, -0.05) is 28.1 Å². The Morgan fingerprint density at radius 3 is 1.80 bits per heavy atom. The summed E-state index contributed by atoms with van der Waals surface area (Å²) in [4.78, 5) is 0. The van der Waals surface area contributed by atoms with Gasteiger partial charge in [-0.2, -0.15) is 0 Å². The van der Waals surface area contributed by atoms with Gasteiger partial charge in [0.25, 0.3) is 0 Å². The van der Waals surface area contributed by atoms with E-state index in [0.717, 1.165) is 4.47 Å². The van der Waals surface area contributed by atoms with Crippen molar-refractivity contribution < 1.29 is 13.2 Å². The first-order valence-corrected chi connectivity index (χ1v) is 17.2. The SMILES string of the molecule is Brc1cc[c]cc1.[Br][Zn][Br]. The Bertz CT molecular complexity index is 154. The van der Waals surface area contributed by atoms with Gasteiger partial charge >= 0.3 is 40.5 Å². The van der Waals surface area contributed by atoms with Crippen LogP contribution in [0.5, 0.6) is 0 Å². The summed E-state index contributed by atoms with van der Waals surface area (Å²) in [6.45, 7) is 0. The Balaban J connectivity index is 0.000000236. The number of hydrogen-bond acceptors (Lipinski definition) is 0. The van der Waals surface area contributed by atoms with Crippen LogP contribution in [0.2, 0.25) is 0 Å². The van der Waals surface area contributed by atoms with Crippen LogP contribution < -0.4 is 0 Å². The van der Waals surface area contributed by atoms with E-state index in [1.54, 1.807) is 0 Å². The standard InChI is InChI=1S/C6H4Br.2BrH.Zn/c7-6-4-2-1-3-5-6;;;/h2-5H;2*1H;/q;;;+2/p-2. The van der Waals surface area contributed by atoms with E-state index >= 15 is 0 Å². The molecule has 0 bridgehead atoms. The second kappa shape index (κ2) is 8.38. The number of benzene rings is 1. The normalized spacial score (nSPS) is 7.10. The third kappa shape index (κ3) is 7.39. The van der Waals surface area contributed by atoms with Gasteiger partial charge in [0, 0.05) is 4.47 Å². The zero-order valence-electron chi connectivity index (χ0n) is 5.15. The van der Waals surface area contributed by atoms with E-state index in [-0.39, 0.29) is 13.2 Å². The topological polar surface area (TPSA) is 0 Å². The quantitative estimate of drug-likeness (QED) is 0.598. The summed E-state index contributed by atoms with van der Waals surface area (Å²) in [6, 6.07) is 10.5. The predicted octanol–water partition coefficient (Wildman–Crippen LogP) is 3.94. The van der Waals surface area contributed by atoms with Crippen LogP contribution in [0.25, 0.3) is 0 Å². The second-order valence-electron chi connectivity index (χ2n) is 1.32. The molecule has 0 spiro atoms. The Labute approximate surface area is 90.2 Å². The van der Waals surface area contributed by atoms with E-state index in [1.165, 1.54) is 0 Å². The summed E-state index contributed by atoms with van der Waals surface area (Å²) in [6.07, 6.45) is 0. The molecule has 0 nitrogen and oxygen atoms in total. The Hall–Kier alpha value is 1.28. The monoisotopic (exact) mass is 377 g/mol. The van der Waals surface area contributed by atoms with Crippen molar-refractivity contribution in [2.24, 2.45) is 0 Å². The van der Waals surface area contributed by atoms with E-state index < -0.39 is 0 Å². The molecular formula is C6H4Br3Zn. The number of hydrogen-bond donors (Lipinski definition) is 0. The molecule has 1 aromatic rings. The summed E-state index contributed by atoms with van der Waals surface area (Å²) in [7, 11) is 0. The van der Waals surface area contributed by atoms with E-state index in [1.807, 2.05) is 24.3 Å². The third-order valence-electron chi connectivity index (χ3n) is 0.678. The number of halogens is 3. The summed E-state index contributed by atoms with van der Waals surface area (Å²) < 4.78 is 1.10. The summed E-state index contributed by atoms with van der Waals surface area (Å²) in [5, 5.41) is 0. The fraction of sp³-hybridized carbons (Fsp3) is 0. The molecule has 0 unspecified atom stereocenters. The molecule has 0 fully saturated rings. The summed E-state index contributed by atoms with van der Waals surface area (Å²) in [5.41, 5.74) is 0. The first-order chi connectivity index (χ1) is 4.81. The van der Waals surface area contributed by atoms with Crippen LogP contribution >= 0.6 is 43.2 Å². The second-order valence-corrected chi connectivity index (χ2v) is 16.3. The van der Waals surface area contributed by atoms with Crippen LogP contribution in [0.15, 0.2) is 28.7 Å². The van der Waals surface area contributed by atoms with Gasteiger partial charge in [0.1, 0.15) is 0 Å². The number of rotatable bonds is 0. The van der Waals surface area contributed by atoms with E-state index in [4.69, 9.17) is 0 Å². The van der Waals surface area contributed by atoms with Crippen LogP contribution in [0.3, 0.4) is 0 Å². The molecule has 0 aromatic heterocycles. The fourth-order valence-corrected chi connectivity index (χ4v) is 0.631. The van der Waals surface area contributed by atoms with Crippen molar-refractivity contribution in [2.45, 2.75) is 0 Å². The molecule has 0 saturated carbocycles. The predicted molar refractivity (Wildman–Crippen MR) is 50.8 cm³/mol. The minimum absolute atomic E-state index is 0.250. The molecule has 0 aliphatic rings. The first-order valence-electron chi connectivity index (χ1n) is 2.54. The zero-order valence-corrected chi connectivity index (χ0v) is 12.9. The van der Waals surface area contributed by atoms with Crippen LogP contribution in [0.4, 0.5) is 0 Å². The van der Waals surface area contributed by atoms with Gasteiger partial charge in [-0.3, -0.25) is 0 Å². The molecule has 0 N–H and O–H groups in total. The molecular weight excluding hydrogens is 377 g/mol. The third-order valence-corrected chi connectivity index (χ3v) is 1.21. The molecule has 0 aliphatic heterocycles. The Morgan fingerprint density at radius 1 is 1.20 bits per heavy atom. The fourth-order valence-electron chi connectivity index (χ4n) is 0.367. The summed E-state index contributed by atoms with van der Waals surface area (Å²) >= 11 is 9.54. The van der Waals surface area contributed by atoms with E-state index in [2.05, 4.69) is 49.2 Å². The molecule has 0 aliphatic carbocycles. The Kier molecular flexibility index (Phi) is 9.46. The molecule has 0 amide bonds. The molecule has 1 rings (SSSR count). The molecule has 0 heterocycles. The molecule has 51 valence electrons. The van der Waals surface area contributed by atoms with Crippen LogP contribution in [0.1, 0.15) is 0 Å². The molecule has 0 atom stereocenters. The van der Waals surface area contributed by atoms with Gasteiger partial charge in [0.15, 0.2) is 0 Å². The summed E-state index contributed by atoms with van der Waals surface area (Å²) in [5.74, 6) is 0. The van der Waals surface area contributed by atoms with Crippen molar-refractivity contribution in [1.29, 1.82) is 0 Å². The van der Waals surface area contributed by atoms with Crippen molar-refractivity contribution in [2.75, 3.05) is 0 Å². The zero-order chi connectivity index (χ0) is 7.82. The Morgan fingerprint density at radius 2 is 1.60 bits per heavy atom. The minimum atomic E-state index is -0.250. The van der Waals surface area contributed by atoms with E-state index in [9.17, 15) is 0 Å². The van der Waals surface area contributed by atoms with Crippen molar-refractivity contribution >= 4 is 43.2 Å².